The Morgan fingerprint density at radius 1 is 0.976 bits per heavy atom. The Labute approximate surface area is 248 Å². The first-order chi connectivity index (χ1) is 19.7. The smallest absolute Gasteiger partial charge is 0.334 e. The lowest BCUT2D eigenvalue weighted by molar-refractivity contribution is -0.148. The van der Waals surface area contributed by atoms with Gasteiger partial charge in [-0.25, -0.2) is 9.59 Å². The Hall–Kier alpha value is -3.85. The fourth-order valence-electron chi connectivity index (χ4n) is 4.56. The molecular formula is C31H31Cl2N3O5. The van der Waals surface area contributed by atoms with Gasteiger partial charge >= 0.3 is 12.0 Å². The molecule has 0 saturated carbocycles. The van der Waals surface area contributed by atoms with Gasteiger partial charge in [0.1, 0.15) is 0 Å². The Balaban J connectivity index is 1.53. The normalized spacial score (nSPS) is 13.6. The molecule has 3 aromatic rings. The third-order valence-corrected chi connectivity index (χ3v) is 7.20. The lowest BCUT2D eigenvalue weighted by Crippen LogP contribution is -2.37. The molecule has 0 bridgehead atoms. The molecular weight excluding hydrogens is 565 g/mol. The molecule has 41 heavy (non-hydrogen) atoms. The van der Waals surface area contributed by atoms with Crippen LogP contribution in [-0.4, -0.2) is 42.8 Å². The monoisotopic (exact) mass is 595 g/mol. The first-order valence-electron chi connectivity index (χ1n) is 13.2. The molecule has 214 valence electrons. The second-order valence-electron chi connectivity index (χ2n) is 9.67. The number of hydrogen-bond acceptors (Lipinski definition) is 4. The van der Waals surface area contributed by atoms with Gasteiger partial charge in [-0.1, -0.05) is 53.5 Å². The van der Waals surface area contributed by atoms with Crippen molar-refractivity contribution in [3.63, 3.8) is 0 Å². The van der Waals surface area contributed by atoms with E-state index >= 15 is 0 Å². The maximum atomic E-state index is 13.5. The van der Waals surface area contributed by atoms with Crippen molar-refractivity contribution in [2.75, 3.05) is 23.9 Å². The average molecular weight is 597 g/mol. The summed E-state index contributed by atoms with van der Waals surface area (Å²) in [7, 11) is 1.27. The molecule has 0 spiro atoms. The van der Waals surface area contributed by atoms with E-state index in [0.29, 0.717) is 27.0 Å². The number of aliphatic carboxylic acids is 1. The molecule has 0 aliphatic heterocycles. The van der Waals surface area contributed by atoms with Crippen molar-refractivity contribution >= 4 is 58.1 Å². The highest BCUT2D eigenvalue weighted by atomic mass is 35.5. The number of halogens is 2. The molecule has 4 rings (SSSR count). The number of allylic oxidation sites excluding steroid dienone is 2. The SMILES string of the molecule is COC(CNC(=O)c1ccc(CN(C(=O)Nc2cc(Cl)cc(Cl)c2)c2ccc(C3=CCCCC3)cc2)cc1)C(=O)O. The van der Waals surface area contributed by atoms with Gasteiger partial charge in [0, 0.05) is 34.1 Å². The molecule has 0 fully saturated rings. The number of benzene rings is 3. The third-order valence-electron chi connectivity index (χ3n) is 6.76. The van der Waals surface area contributed by atoms with Gasteiger partial charge in [-0.15, -0.1) is 0 Å². The van der Waals surface area contributed by atoms with E-state index < -0.39 is 18.0 Å². The van der Waals surface area contributed by atoms with Crippen LogP contribution in [0.15, 0.2) is 72.8 Å². The Kier molecular flexibility index (Phi) is 10.4. The molecule has 10 heteroatoms. The van der Waals surface area contributed by atoms with Crippen LogP contribution in [0.3, 0.4) is 0 Å². The number of nitrogens with zero attached hydrogens (tertiary/aromatic N) is 1. The van der Waals surface area contributed by atoms with Gasteiger partial charge < -0.3 is 20.5 Å². The van der Waals surface area contributed by atoms with Gasteiger partial charge in [-0.05, 0) is 84.8 Å². The highest BCUT2D eigenvalue weighted by molar-refractivity contribution is 6.35. The summed E-state index contributed by atoms with van der Waals surface area (Å²) in [5, 5.41) is 15.3. The van der Waals surface area contributed by atoms with E-state index in [1.807, 2.05) is 24.3 Å². The quantitative estimate of drug-likeness (QED) is 0.233. The molecule has 3 amide bonds. The van der Waals surface area contributed by atoms with E-state index in [9.17, 15) is 14.4 Å². The summed E-state index contributed by atoms with van der Waals surface area (Å²) >= 11 is 12.3. The van der Waals surface area contributed by atoms with Gasteiger partial charge in [-0.2, -0.15) is 0 Å². The van der Waals surface area contributed by atoms with E-state index in [2.05, 4.69) is 16.7 Å². The van der Waals surface area contributed by atoms with Crippen molar-refractivity contribution in [1.82, 2.24) is 5.32 Å². The number of urea groups is 1. The lowest BCUT2D eigenvalue weighted by atomic mass is 9.93. The molecule has 0 saturated heterocycles. The first-order valence-corrected chi connectivity index (χ1v) is 14.0. The Morgan fingerprint density at radius 2 is 1.66 bits per heavy atom. The zero-order valence-electron chi connectivity index (χ0n) is 22.5. The molecule has 3 aromatic carbocycles. The van der Waals surface area contributed by atoms with Gasteiger partial charge in [0.25, 0.3) is 5.91 Å². The van der Waals surface area contributed by atoms with Crippen LogP contribution in [0.4, 0.5) is 16.2 Å². The predicted octanol–water partition coefficient (Wildman–Crippen LogP) is 7.02. The molecule has 1 aliphatic carbocycles. The largest absolute Gasteiger partial charge is 0.479 e. The van der Waals surface area contributed by atoms with Crippen molar-refractivity contribution in [2.45, 2.75) is 38.3 Å². The molecule has 3 N–H and O–H groups in total. The summed E-state index contributed by atoms with van der Waals surface area (Å²) in [5.74, 6) is -1.59. The number of hydrogen-bond donors (Lipinski definition) is 3. The number of carbonyl (C=O) groups is 3. The van der Waals surface area contributed by atoms with E-state index in [-0.39, 0.29) is 19.1 Å². The number of amides is 3. The summed E-state index contributed by atoms with van der Waals surface area (Å²) in [4.78, 5) is 38.8. The molecule has 8 nitrogen and oxygen atoms in total. The van der Waals surface area contributed by atoms with Gasteiger partial charge in [0.05, 0.1) is 13.1 Å². The van der Waals surface area contributed by atoms with Crippen LogP contribution in [0.25, 0.3) is 5.57 Å². The Morgan fingerprint density at radius 3 is 2.24 bits per heavy atom. The second kappa shape index (κ2) is 14.2. The summed E-state index contributed by atoms with van der Waals surface area (Å²) < 4.78 is 4.85. The van der Waals surface area contributed by atoms with Crippen molar-refractivity contribution in [1.29, 1.82) is 0 Å². The molecule has 0 radical (unpaired) electrons. The average Bonchev–Trinajstić information content (AvgIpc) is 2.96. The van der Waals surface area contributed by atoms with Crippen molar-refractivity contribution in [2.24, 2.45) is 0 Å². The van der Waals surface area contributed by atoms with Crippen LogP contribution in [0, 0.1) is 0 Å². The molecule has 1 unspecified atom stereocenters. The maximum Gasteiger partial charge on any atom is 0.334 e. The number of rotatable bonds is 10. The van der Waals surface area contributed by atoms with Crippen LogP contribution in [0.1, 0.15) is 47.2 Å². The number of carboxylic acids is 1. The van der Waals surface area contributed by atoms with Crippen LogP contribution in [-0.2, 0) is 16.1 Å². The minimum absolute atomic E-state index is 0.166. The second-order valence-corrected chi connectivity index (χ2v) is 10.5. The number of carboxylic acid groups (broad SMARTS) is 1. The highest BCUT2D eigenvalue weighted by Gasteiger charge is 2.20. The van der Waals surface area contributed by atoms with Crippen molar-refractivity contribution in [3.8, 4) is 0 Å². The van der Waals surface area contributed by atoms with Crippen LogP contribution in [0.5, 0.6) is 0 Å². The number of methoxy groups -OCH3 is 1. The lowest BCUT2D eigenvalue weighted by Gasteiger charge is -2.24. The first kappa shape index (κ1) is 30.1. The minimum Gasteiger partial charge on any atom is -0.479 e. The van der Waals surface area contributed by atoms with Crippen LogP contribution in [0.2, 0.25) is 10.0 Å². The van der Waals surface area contributed by atoms with Crippen LogP contribution < -0.4 is 15.5 Å². The standard InChI is InChI=1S/C31H31Cl2N3O5/c1-41-28(30(38)39)18-34-29(37)23-9-7-20(8-10-23)19-36(31(40)35-26-16-24(32)15-25(33)17-26)27-13-11-22(12-14-27)21-5-3-2-4-6-21/h5,7-17,28H,2-4,6,18-19H2,1H3,(H,34,37)(H,35,40)(H,38,39). The minimum atomic E-state index is -1.16. The molecule has 0 aromatic heterocycles. The number of nitrogens with one attached hydrogen (secondary N) is 2. The molecule has 0 heterocycles. The van der Waals surface area contributed by atoms with Crippen molar-refractivity contribution in [3.05, 3.63) is 99.5 Å². The number of carbonyl (C=O) groups excluding carboxylic acids is 2. The van der Waals surface area contributed by atoms with E-state index in [1.54, 1.807) is 47.4 Å². The summed E-state index contributed by atoms with van der Waals surface area (Å²) in [6, 6.07) is 19.1. The van der Waals surface area contributed by atoms with Crippen molar-refractivity contribution < 1.29 is 24.2 Å². The number of anilines is 2. The summed E-state index contributed by atoms with van der Waals surface area (Å²) in [6.45, 7) is 0.0512. The van der Waals surface area contributed by atoms with E-state index in [4.69, 9.17) is 33.0 Å². The highest BCUT2D eigenvalue weighted by Crippen LogP contribution is 2.29. The fourth-order valence-corrected chi connectivity index (χ4v) is 5.08. The zero-order valence-corrected chi connectivity index (χ0v) is 24.0. The van der Waals surface area contributed by atoms with E-state index in [0.717, 1.165) is 24.0 Å². The zero-order chi connectivity index (χ0) is 29.4. The Bertz CT molecular complexity index is 1400. The maximum absolute atomic E-state index is 13.5. The summed E-state index contributed by atoms with van der Waals surface area (Å²) in [5.41, 5.74) is 4.75. The van der Waals surface area contributed by atoms with Gasteiger partial charge in [0.2, 0.25) is 0 Å². The molecule has 1 atom stereocenters. The summed E-state index contributed by atoms with van der Waals surface area (Å²) in [6.07, 6.45) is 5.64. The molecule has 1 aliphatic rings. The fraction of sp³-hybridized carbons (Fsp3) is 0.258. The number of ether oxygens (including phenoxy) is 1. The van der Waals surface area contributed by atoms with E-state index in [1.165, 1.54) is 25.5 Å². The van der Waals surface area contributed by atoms with Crippen LogP contribution >= 0.6 is 23.2 Å². The van der Waals surface area contributed by atoms with Gasteiger partial charge in [0.15, 0.2) is 6.10 Å². The third kappa shape index (κ3) is 8.33. The predicted molar refractivity (Wildman–Crippen MR) is 162 cm³/mol. The topological polar surface area (TPSA) is 108 Å². The van der Waals surface area contributed by atoms with Gasteiger partial charge in [-0.3, -0.25) is 9.69 Å².